The van der Waals surface area contributed by atoms with Gasteiger partial charge in [0, 0.05) is 25.1 Å². The van der Waals surface area contributed by atoms with Gasteiger partial charge in [0.05, 0.1) is 36.1 Å². The number of hydrogen-bond donors (Lipinski definition) is 5. The number of ether oxygens (including phenoxy) is 1. The topological polar surface area (TPSA) is 158 Å². The van der Waals surface area contributed by atoms with Crippen molar-refractivity contribution in [2.75, 3.05) is 41.0 Å². The number of benzene rings is 2. The Morgan fingerprint density at radius 2 is 1.93 bits per heavy atom. The Morgan fingerprint density at radius 1 is 1.15 bits per heavy atom. The number of anilines is 6. The zero-order chi connectivity index (χ0) is 29.4. The molecule has 0 radical (unpaired) electrons. The van der Waals surface area contributed by atoms with E-state index in [4.69, 9.17) is 21.4 Å². The molecule has 1 aliphatic heterocycles. The summed E-state index contributed by atoms with van der Waals surface area (Å²) in [5.74, 6) is 0.719. The van der Waals surface area contributed by atoms with Gasteiger partial charge in [0.15, 0.2) is 5.82 Å². The molecule has 1 aromatic heterocycles. The van der Waals surface area contributed by atoms with Gasteiger partial charge in [-0.2, -0.15) is 4.98 Å². The molecular weight excluding hydrogens is 550 g/mol. The van der Waals surface area contributed by atoms with Crippen molar-refractivity contribution in [2.45, 2.75) is 25.7 Å². The fourth-order valence-electron chi connectivity index (χ4n) is 4.45. The third kappa shape index (κ3) is 7.22. The average Bonchev–Trinajstić information content (AvgIpc) is 3.11. The molecule has 214 valence electrons. The lowest BCUT2D eigenvalue weighted by molar-refractivity contribution is -0.118. The number of aromatic nitrogens is 2. The van der Waals surface area contributed by atoms with Gasteiger partial charge < -0.3 is 36.0 Å². The van der Waals surface area contributed by atoms with E-state index < -0.39 is 6.09 Å². The molecule has 41 heavy (non-hydrogen) atoms. The highest BCUT2D eigenvalue weighted by atomic mass is 35.5. The molecule has 0 unspecified atom stereocenters. The lowest BCUT2D eigenvalue weighted by Crippen LogP contribution is -2.33. The maximum absolute atomic E-state index is 12.9. The summed E-state index contributed by atoms with van der Waals surface area (Å²) < 4.78 is 5.79. The van der Waals surface area contributed by atoms with Gasteiger partial charge >= 0.3 is 6.09 Å². The number of amides is 3. The fourth-order valence-corrected chi connectivity index (χ4v) is 4.59. The monoisotopic (exact) mass is 579 g/mol. The van der Waals surface area contributed by atoms with Gasteiger partial charge in [-0.15, -0.1) is 0 Å². The van der Waals surface area contributed by atoms with Crippen LogP contribution in [-0.4, -0.2) is 53.2 Å². The fraction of sp³-hybridized carbons (Fsp3) is 0.250. The lowest BCUT2D eigenvalue weighted by atomic mass is 10.0. The highest BCUT2D eigenvalue weighted by Crippen LogP contribution is 2.40. The van der Waals surface area contributed by atoms with Crippen molar-refractivity contribution in [3.05, 3.63) is 65.8 Å². The summed E-state index contributed by atoms with van der Waals surface area (Å²) in [6.45, 7) is 4.08. The number of para-hydroxylation sites is 2. The van der Waals surface area contributed by atoms with Crippen LogP contribution in [0.2, 0.25) is 5.02 Å². The maximum atomic E-state index is 12.9. The Balaban J connectivity index is 1.59. The van der Waals surface area contributed by atoms with Crippen LogP contribution in [0.5, 0.6) is 5.75 Å². The van der Waals surface area contributed by atoms with Crippen LogP contribution < -0.4 is 30.9 Å². The van der Waals surface area contributed by atoms with Crippen molar-refractivity contribution in [1.82, 2.24) is 15.3 Å². The number of rotatable bonds is 11. The van der Waals surface area contributed by atoms with Crippen LogP contribution in [0.25, 0.3) is 0 Å². The number of nitrogens with zero attached hydrogens (tertiary/aromatic N) is 3. The zero-order valence-electron chi connectivity index (χ0n) is 22.4. The molecule has 0 atom stereocenters. The SMILES string of the molecule is C=CC(=O)Nc1ccccc1Nc1nc(Nc2ccc3c(c2OC)CCCC(=O)N3CCCNC(=O)O)ncc1Cl. The Labute approximate surface area is 241 Å². The van der Waals surface area contributed by atoms with Crippen LogP contribution in [0, 0.1) is 0 Å². The molecule has 1 aliphatic rings. The number of carboxylic acid groups (broad SMARTS) is 1. The highest BCUT2D eigenvalue weighted by Gasteiger charge is 2.26. The van der Waals surface area contributed by atoms with Crippen LogP contribution in [0.3, 0.4) is 0 Å². The van der Waals surface area contributed by atoms with Crippen molar-refractivity contribution < 1.29 is 24.2 Å². The minimum Gasteiger partial charge on any atom is -0.494 e. The second kappa shape index (κ2) is 13.5. The lowest BCUT2D eigenvalue weighted by Gasteiger charge is -2.25. The van der Waals surface area contributed by atoms with Gasteiger partial charge in [0.2, 0.25) is 17.8 Å². The van der Waals surface area contributed by atoms with E-state index in [1.165, 1.54) is 12.3 Å². The first-order chi connectivity index (χ1) is 19.8. The molecule has 0 fully saturated rings. The van der Waals surface area contributed by atoms with Gasteiger partial charge in [-0.3, -0.25) is 9.59 Å². The predicted octanol–water partition coefficient (Wildman–Crippen LogP) is 5.08. The molecule has 0 spiro atoms. The molecule has 12 nitrogen and oxygen atoms in total. The van der Waals surface area contributed by atoms with Crippen LogP contribution in [0.1, 0.15) is 24.8 Å². The Kier molecular flexibility index (Phi) is 9.59. The minimum atomic E-state index is -1.10. The molecular formula is C28H30ClN7O5. The number of methoxy groups -OCH3 is 1. The summed E-state index contributed by atoms with van der Waals surface area (Å²) in [5, 5.41) is 20.5. The molecule has 4 rings (SSSR count). The van der Waals surface area contributed by atoms with Crippen molar-refractivity contribution in [3.8, 4) is 5.75 Å². The quantitative estimate of drug-likeness (QED) is 0.154. The van der Waals surface area contributed by atoms with Crippen LogP contribution in [0.4, 0.5) is 39.3 Å². The molecule has 0 bridgehead atoms. The van der Waals surface area contributed by atoms with E-state index in [1.807, 2.05) is 6.07 Å². The zero-order valence-corrected chi connectivity index (χ0v) is 23.1. The number of carbonyl (C=O) groups is 3. The van der Waals surface area contributed by atoms with Gasteiger partial charge in [-0.25, -0.2) is 9.78 Å². The summed E-state index contributed by atoms with van der Waals surface area (Å²) in [6.07, 6.45) is 3.62. The van der Waals surface area contributed by atoms with Crippen molar-refractivity contribution >= 4 is 64.0 Å². The molecule has 2 aromatic carbocycles. The number of carbonyl (C=O) groups excluding carboxylic acids is 2. The summed E-state index contributed by atoms with van der Waals surface area (Å²) in [5.41, 5.74) is 3.27. The first-order valence-corrected chi connectivity index (χ1v) is 13.2. The predicted molar refractivity (Wildman–Crippen MR) is 158 cm³/mol. The van der Waals surface area contributed by atoms with Crippen LogP contribution in [0.15, 0.2) is 55.3 Å². The van der Waals surface area contributed by atoms with Crippen LogP contribution >= 0.6 is 11.6 Å². The van der Waals surface area contributed by atoms with Gasteiger partial charge in [-0.05, 0) is 49.6 Å². The third-order valence-corrected chi connectivity index (χ3v) is 6.57. The molecule has 0 aliphatic carbocycles. The summed E-state index contributed by atoms with van der Waals surface area (Å²) in [7, 11) is 1.55. The molecule has 5 N–H and O–H groups in total. The average molecular weight is 580 g/mol. The Hall–Kier alpha value is -4.84. The molecule has 3 amide bonds. The van der Waals surface area contributed by atoms with Crippen molar-refractivity contribution in [3.63, 3.8) is 0 Å². The van der Waals surface area contributed by atoms with Crippen molar-refractivity contribution in [2.24, 2.45) is 0 Å². The van der Waals surface area contributed by atoms with Crippen LogP contribution in [-0.2, 0) is 16.0 Å². The number of hydrogen-bond acceptors (Lipinski definition) is 8. The molecule has 2 heterocycles. The van der Waals surface area contributed by atoms with E-state index in [2.05, 4.69) is 37.8 Å². The van der Waals surface area contributed by atoms with E-state index in [9.17, 15) is 14.4 Å². The summed E-state index contributed by atoms with van der Waals surface area (Å²) >= 11 is 6.39. The smallest absolute Gasteiger partial charge is 0.404 e. The summed E-state index contributed by atoms with van der Waals surface area (Å²) in [6, 6.07) is 10.7. The Bertz CT molecular complexity index is 1470. The Morgan fingerprint density at radius 3 is 2.66 bits per heavy atom. The number of halogens is 1. The van der Waals surface area contributed by atoms with Crippen molar-refractivity contribution in [1.29, 1.82) is 0 Å². The number of fused-ring (bicyclic) bond motifs is 1. The molecule has 3 aromatic rings. The largest absolute Gasteiger partial charge is 0.494 e. The molecule has 13 heteroatoms. The standard InChI is InChI=1S/C28H30ClN7O5/c1-3-23(37)32-19-9-4-5-10-20(19)33-26-18(29)16-31-27(35-26)34-21-12-13-22-17(25(21)41-2)8-6-11-24(38)36(22)15-7-14-30-28(39)40/h3-5,9-10,12-13,16,30H,1,6-8,11,14-15H2,2H3,(H,32,37)(H,39,40)(H2,31,33,34,35). The second-order valence-electron chi connectivity index (χ2n) is 9.01. The van der Waals surface area contributed by atoms with Gasteiger partial charge in [0.25, 0.3) is 0 Å². The minimum absolute atomic E-state index is 0.0249. The van der Waals surface area contributed by atoms with E-state index in [1.54, 1.807) is 42.3 Å². The second-order valence-corrected chi connectivity index (χ2v) is 9.41. The van der Waals surface area contributed by atoms with E-state index in [0.717, 1.165) is 11.3 Å². The van der Waals surface area contributed by atoms with Gasteiger partial charge in [-0.1, -0.05) is 30.3 Å². The molecule has 0 saturated carbocycles. The van der Waals surface area contributed by atoms with Gasteiger partial charge in [0.1, 0.15) is 10.8 Å². The maximum Gasteiger partial charge on any atom is 0.404 e. The highest BCUT2D eigenvalue weighted by molar-refractivity contribution is 6.33. The van der Waals surface area contributed by atoms with E-state index in [-0.39, 0.29) is 29.3 Å². The van der Waals surface area contributed by atoms with E-state index >= 15 is 0 Å². The molecule has 0 saturated heterocycles. The summed E-state index contributed by atoms with van der Waals surface area (Å²) in [4.78, 5) is 46.0. The van der Waals surface area contributed by atoms with E-state index in [0.29, 0.717) is 60.9 Å². The third-order valence-electron chi connectivity index (χ3n) is 6.30. The first-order valence-electron chi connectivity index (χ1n) is 12.9. The normalized spacial score (nSPS) is 12.5. The first kappa shape index (κ1) is 29.2. The number of nitrogens with one attached hydrogen (secondary N) is 4.